The number of rotatable bonds is 7. The minimum Gasteiger partial charge on any atom is -0.454 e. The molecule has 2 aliphatic heterocycles. The first-order valence-corrected chi connectivity index (χ1v) is 9.78. The fraction of sp³-hybridized carbons (Fsp3) is 0.333. The second kappa shape index (κ2) is 9.54. The molecule has 1 atom stereocenters. The molecule has 2 heterocycles. The second-order valence-electron chi connectivity index (χ2n) is 6.99. The normalized spacial score (nSPS) is 28.4. The number of piperidine rings is 1. The van der Waals surface area contributed by atoms with E-state index in [9.17, 15) is 0 Å². The zero-order chi connectivity index (χ0) is 35.0. The number of hydrogen-bond acceptors (Lipinski definition) is 4. The smallest absolute Gasteiger partial charge is 0.231 e. The largest absolute Gasteiger partial charge is 0.454 e. The predicted molar refractivity (Wildman–Crippen MR) is 122 cm³/mol. The summed E-state index contributed by atoms with van der Waals surface area (Å²) in [7, 11) is 0. The molecule has 2 aliphatic rings. The Labute approximate surface area is 206 Å². The Morgan fingerprint density at radius 2 is 1.74 bits per heavy atom. The molecule has 1 fully saturated rings. The van der Waals surface area contributed by atoms with Gasteiger partial charge < -0.3 is 19.1 Å². The summed E-state index contributed by atoms with van der Waals surface area (Å²) in [6.07, 6.45) is -5.01. The Morgan fingerprint density at radius 3 is 2.48 bits per heavy atom. The molecule has 0 radical (unpaired) electrons. The number of likely N-dealkylation sites (tertiary alicyclic amines) is 1. The van der Waals surface area contributed by atoms with E-state index in [1.54, 1.807) is 0 Å². The lowest BCUT2D eigenvalue weighted by Crippen LogP contribution is -2.41. The molecule has 0 spiro atoms. The number of ether oxygens (including phenoxy) is 3. The van der Waals surface area contributed by atoms with Gasteiger partial charge in [0.15, 0.2) is 11.5 Å². The van der Waals surface area contributed by atoms with Crippen LogP contribution in [0.2, 0.25) is 0 Å². The van der Waals surface area contributed by atoms with E-state index < -0.39 is 103 Å². The molecule has 0 aromatic heterocycles. The van der Waals surface area contributed by atoms with E-state index in [4.69, 9.17) is 36.1 Å². The van der Waals surface area contributed by atoms with Crippen molar-refractivity contribution in [3.63, 3.8) is 0 Å². The summed E-state index contributed by atoms with van der Waals surface area (Å²) in [6, 6.07) is -3.47. The van der Waals surface area contributed by atoms with Gasteiger partial charge in [0.05, 0.1) is 19.8 Å². The van der Waals surface area contributed by atoms with E-state index in [1.807, 2.05) is 0 Å². The highest BCUT2D eigenvalue weighted by molar-refractivity contribution is 5.44. The lowest BCUT2D eigenvalue weighted by atomic mass is 10.00. The summed E-state index contributed by atoms with van der Waals surface area (Å²) in [5.74, 6) is -0.0833. The molecule has 3 aromatic carbocycles. The topological polar surface area (TPSA) is 30.9 Å². The van der Waals surface area contributed by atoms with E-state index in [-0.39, 0.29) is 43.0 Å². The van der Waals surface area contributed by atoms with Crippen LogP contribution in [0.4, 0.5) is 0 Å². The van der Waals surface area contributed by atoms with Gasteiger partial charge in [-0.25, -0.2) is 0 Å². The highest BCUT2D eigenvalue weighted by Crippen LogP contribution is 2.33. The van der Waals surface area contributed by atoms with Crippen LogP contribution in [0.5, 0.6) is 11.5 Å². The zero-order valence-corrected chi connectivity index (χ0v) is 16.4. The number of nitrogens with zero attached hydrogens (tertiary/aromatic N) is 1. The maximum Gasteiger partial charge on any atom is 0.231 e. The monoisotopic (exact) mass is 431 g/mol. The molecule has 0 unspecified atom stereocenters. The third kappa shape index (κ3) is 4.92. The van der Waals surface area contributed by atoms with Crippen molar-refractivity contribution in [2.75, 3.05) is 26.3 Å². The van der Waals surface area contributed by atoms with Crippen molar-refractivity contribution >= 4 is 0 Å². The van der Waals surface area contributed by atoms with Gasteiger partial charge in [-0.1, -0.05) is 66.5 Å². The van der Waals surface area contributed by atoms with Crippen LogP contribution in [0.25, 0.3) is 0 Å². The molecule has 0 amide bonds. The van der Waals surface area contributed by atoms with Gasteiger partial charge in [-0.2, -0.15) is 0 Å². The van der Waals surface area contributed by atoms with Crippen LogP contribution in [-0.4, -0.2) is 37.3 Å². The number of benzene rings is 3. The lowest BCUT2D eigenvalue weighted by Gasteiger charge is -2.35. The maximum absolute atomic E-state index is 8.89. The third-order valence-corrected chi connectivity index (χ3v) is 4.88. The fourth-order valence-electron chi connectivity index (χ4n) is 3.41. The molecule has 5 rings (SSSR count). The minimum atomic E-state index is -2.72. The van der Waals surface area contributed by atoms with E-state index in [1.165, 1.54) is 17.0 Å². The van der Waals surface area contributed by atoms with Crippen molar-refractivity contribution in [3.8, 4) is 11.5 Å². The fourth-order valence-corrected chi connectivity index (χ4v) is 3.41. The quantitative estimate of drug-likeness (QED) is 0.513. The van der Waals surface area contributed by atoms with Crippen molar-refractivity contribution in [3.05, 3.63) is 95.3 Å². The molecule has 0 N–H and O–H groups in total. The van der Waals surface area contributed by atoms with E-state index in [0.717, 1.165) is 6.07 Å². The standard InChI is InChI=1S/C27H29NO3/c1-3-8-22(9-4-1)27(23-10-5-2-6-11-23)31-24-12-7-16-28(19-24)17-15-21-13-14-25-26(18-21)30-20-29-25/h1-6,8-11,13-14,18,24,27H,7,12,15-17,19-20H2/t24-/m1/s1/i1D,2D,3D,4D,5D,6D,8D,9D,10D,11D,15D2,17D2,20D2. The first-order chi connectivity index (χ1) is 21.7. The van der Waals surface area contributed by atoms with Gasteiger partial charge in [-0.05, 0) is 54.6 Å². The van der Waals surface area contributed by atoms with Crippen molar-refractivity contribution < 1.29 is 36.1 Å². The van der Waals surface area contributed by atoms with Crippen molar-refractivity contribution in [2.45, 2.75) is 31.4 Å². The Kier molecular flexibility index (Phi) is 2.76. The van der Waals surface area contributed by atoms with Gasteiger partial charge in [0.1, 0.15) is 8.85 Å². The average Bonchev–Trinajstić information content (AvgIpc) is 3.34. The second-order valence-corrected chi connectivity index (χ2v) is 6.99. The molecule has 3 aromatic rings. The highest BCUT2D eigenvalue weighted by Gasteiger charge is 2.25. The predicted octanol–water partition coefficient (Wildman–Crippen LogP) is 5.23. The lowest BCUT2D eigenvalue weighted by molar-refractivity contribution is -0.0330. The average molecular weight is 432 g/mol. The van der Waals surface area contributed by atoms with Crippen LogP contribution in [0.1, 0.15) is 57.6 Å². The zero-order valence-electron chi connectivity index (χ0n) is 32.4. The maximum atomic E-state index is 8.89. The Morgan fingerprint density at radius 1 is 1.03 bits per heavy atom. The van der Waals surface area contributed by atoms with Crippen molar-refractivity contribution in [2.24, 2.45) is 0 Å². The van der Waals surface area contributed by atoms with Gasteiger partial charge in [0.2, 0.25) is 6.75 Å². The highest BCUT2D eigenvalue weighted by atomic mass is 16.7. The van der Waals surface area contributed by atoms with Crippen LogP contribution in [0, 0.1) is 0 Å². The molecule has 0 saturated carbocycles. The molecule has 160 valence electrons. The van der Waals surface area contributed by atoms with Crippen LogP contribution >= 0.6 is 0 Å². The molecule has 0 bridgehead atoms. The number of hydrogen-bond donors (Lipinski definition) is 0. The molecule has 31 heavy (non-hydrogen) atoms. The number of aryl methyl sites for hydroxylation is 1. The van der Waals surface area contributed by atoms with Gasteiger partial charge in [-0.15, -0.1) is 0 Å². The van der Waals surface area contributed by atoms with Crippen LogP contribution < -0.4 is 9.47 Å². The number of fused-ring (bicyclic) bond motifs is 1. The Balaban J connectivity index is 1.54. The Bertz CT molecular complexity index is 1620. The van der Waals surface area contributed by atoms with Crippen LogP contribution in [0.3, 0.4) is 0 Å². The first-order valence-electron chi connectivity index (χ1n) is 17.8. The van der Waals surface area contributed by atoms with Gasteiger partial charge >= 0.3 is 0 Å². The summed E-state index contributed by atoms with van der Waals surface area (Å²) in [4.78, 5) is 1.17. The van der Waals surface area contributed by atoms with Gasteiger partial charge in [0.25, 0.3) is 0 Å². The summed E-state index contributed by atoms with van der Waals surface area (Å²) in [6.45, 7) is -5.41. The van der Waals surface area contributed by atoms with E-state index >= 15 is 0 Å². The first kappa shape index (κ1) is 8.97. The van der Waals surface area contributed by atoms with Crippen molar-refractivity contribution in [1.29, 1.82) is 0 Å². The SMILES string of the molecule is [2H]c1c([2H])c([2H])c(C(O[C@@H]2CCCN(C([2H])([2H])C([2H])([2H])c3ccc4c(c3)OC([2H])([2H])O4)C2)c2c([2H])c([2H])c([2H])c([2H])c2[2H])c([2H])c1[2H]. The van der Waals surface area contributed by atoms with Crippen molar-refractivity contribution in [1.82, 2.24) is 4.90 Å². The summed E-state index contributed by atoms with van der Waals surface area (Å²) in [5, 5.41) is 0. The molecular weight excluding hydrogens is 386 g/mol. The van der Waals surface area contributed by atoms with Crippen LogP contribution in [-0.2, 0) is 11.1 Å². The summed E-state index contributed by atoms with van der Waals surface area (Å²) < 4.78 is 150. The van der Waals surface area contributed by atoms with Gasteiger partial charge in [-0.3, -0.25) is 0 Å². The Hall–Kier alpha value is -2.82. The van der Waals surface area contributed by atoms with E-state index in [2.05, 4.69) is 0 Å². The van der Waals surface area contributed by atoms with E-state index in [0.29, 0.717) is 0 Å². The molecule has 4 heteroatoms. The minimum absolute atomic E-state index is 0.0212. The third-order valence-electron chi connectivity index (χ3n) is 4.88. The summed E-state index contributed by atoms with van der Waals surface area (Å²) >= 11 is 0. The molecule has 0 aliphatic carbocycles. The van der Waals surface area contributed by atoms with Gasteiger partial charge in [0, 0.05) is 18.5 Å². The molecular formula is C27H29NO3. The molecule has 1 saturated heterocycles. The molecule has 4 nitrogen and oxygen atoms in total. The summed E-state index contributed by atoms with van der Waals surface area (Å²) in [5.41, 5.74) is -1.10. The van der Waals surface area contributed by atoms with Crippen LogP contribution in [0.15, 0.2) is 78.6 Å².